The summed E-state index contributed by atoms with van der Waals surface area (Å²) < 4.78 is 5.57. The second kappa shape index (κ2) is 9.37. The molecule has 0 saturated carbocycles. The lowest BCUT2D eigenvalue weighted by atomic mass is 9.82. The zero-order valence-electron chi connectivity index (χ0n) is 19.8. The van der Waals surface area contributed by atoms with Gasteiger partial charge in [-0.25, -0.2) is 4.90 Å². The average molecular weight is 527 g/mol. The summed E-state index contributed by atoms with van der Waals surface area (Å²) in [6.07, 6.45) is 3.19. The number of anilines is 2. The smallest absolute Gasteiger partial charge is 0.316 e. The topological polar surface area (TPSA) is 84.0 Å². The Labute approximate surface area is 218 Å². The van der Waals surface area contributed by atoms with Gasteiger partial charge in [0.1, 0.15) is 5.75 Å². The quantitative estimate of drug-likeness (QED) is 0.239. The van der Waals surface area contributed by atoms with Gasteiger partial charge in [-0.1, -0.05) is 40.9 Å². The molecule has 2 aliphatic heterocycles. The monoisotopic (exact) mass is 526 g/mol. The summed E-state index contributed by atoms with van der Waals surface area (Å²) in [4.78, 5) is 54.2. The highest BCUT2D eigenvalue weighted by molar-refractivity contribution is 6.44. The molecule has 3 amide bonds. The van der Waals surface area contributed by atoms with Gasteiger partial charge in [-0.3, -0.25) is 19.2 Å². The molecule has 36 heavy (non-hydrogen) atoms. The number of hydrogen-bond donors (Lipinski definition) is 0. The number of hydrogen-bond acceptors (Lipinski definition) is 5. The van der Waals surface area contributed by atoms with Crippen LogP contribution in [0.4, 0.5) is 11.4 Å². The molecule has 0 bridgehead atoms. The Bertz CT molecular complexity index is 1340. The van der Waals surface area contributed by atoms with Gasteiger partial charge in [0.15, 0.2) is 0 Å². The Balaban J connectivity index is 1.29. The highest BCUT2D eigenvalue weighted by Gasteiger charge is 2.49. The van der Waals surface area contributed by atoms with Gasteiger partial charge in [-0.05, 0) is 62.6 Å². The molecular formula is C27H24Cl2N2O5. The molecule has 3 aliphatic rings. The summed E-state index contributed by atoms with van der Waals surface area (Å²) in [6, 6.07) is 9.81. The third kappa shape index (κ3) is 4.20. The van der Waals surface area contributed by atoms with Crippen LogP contribution in [-0.4, -0.2) is 30.2 Å². The number of imide groups is 1. The van der Waals surface area contributed by atoms with Crippen molar-refractivity contribution in [1.29, 1.82) is 0 Å². The maximum Gasteiger partial charge on any atom is 0.316 e. The SMILES string of the molecule is CC1=CC[C@@H]2C(=O)N(c3ccc(OC(=O)[C@@H]4CC(=O)N(c5cccc(Cl)c5Cl)C4)cc3C)C(=O)[C@H]2C1. The molecule has 0 aromatic heterocycles. The first-order chi connectivity index (χ1) is 17.2. The number of amides is 3. The van der Waals surface area contributed by atoms with Crippen LogP contribution in [-0.2, 0) is 19.2 Å². The van der Waals surface area contributed by atoms with Crippen LogP contribution < -0.4 is 14.5 Å². The van der Waals surface area contributed by atoms with Crippen molar-refractivity contribution in [2.24, 2.45) is 17.8 Å². The first-order valence-corrected chi connectivity index (χ1v) is 12.5. The highest BCUT2D eigenvalue weighted by Crippen LogP contribution is 2.41. The van der Waals surface area contributed by atoms with Crippen molar-refractivity contribution in [3.8, 4) is 5.75 Å². The molecule has 0 N–H and O–H groups in total. The van der Waals surface area contributed by atoms with Gasteiger partial charge in [-0.2, -0.15) is 0 Å². The van der Waals surface area contributed by atoms with Crippen molar-refractivity contribution in [3.05, 3.63) is 63.7 Å². The molecule has 1 aliphatic carbocycles. The van der Waals surface area contributed by atoms with E-state index in [1.165, 1.54) is 9.80 Å². The van der Waals surface area contributed by atoms with Crippen LogP contribution in [0.1, 0.15) is 31.7 Å². The molecule has 0 spiro atoms. The van der Waals surface area contributed by atoms with Crippen LogP contribution in [0.5, 0.6) is 5.75 Å². The second-order valence-corrected chi connectivity index (χ2v) is 10.3. The molecule has 9 heteroatoms. The summed E-state index contributed by atoms with van der Waals surface area (Å²) >= 11 is 12.3. The molecule has 2 fully saturated rings. The first-order valence-electron chi connectivity index (χ1n) is 11.8. The standard InChI is InChI=1S/C27H24Cl2N2O5/c1-14-6-8-18-19(10-14)26(34)31(25(18)33)21-9-7-17(11-15(21)2)36-27(35)16-12-23(32)30(13-16)22-5-3-4-20(28)24(22)29/h3-7,9,11,16,18-19H,8,10,12-13H2,1-2H3/t16-,18+,19+/m1/s1. The van der Waals surface area contributed by atoms with Crippen molar-refractivity contribution in [2.75, 3.05) is 16.3 Å². The summed E-state index contributed by atoms with van der Waals surface area (Å²) in [7, 11) is 0. The van der Waals surface area contributed by atoms with Gasteiger partial charge in [0.2, 0.25) is 17.7 Å². The molecule has 3 atom stereocenters. The predicted octanol–water partition coefficient (Wildman–Crippen LogP) is 5.11. The number of rotatable bonds is 4. The molecule has 7 nitrogen and oxygen atoms in total. The minimum absolute atomic E-state index is 0.00818. The second-order valence-electron chi connectivity index (χ2n) is 9.56. The van der Waals surface area contributed by atoms with Gasteiger partial charge < -0.3 is 9.64 Å². The fourth-order valence-corrected chi connectivity index (χ4v) is 5.61. The summed E-state index contributed by atoms with van der Waals surface area (Å²) in [5.74, 6) is -2.21. The summed E-state index contributed by atoms with van der Waals surface area (Å²) in [5, 5.41) is 0.578. The van der Waals surface area contributed by atoms with Crippen molar-refractivity contribution in [1.82, 2.24) is 0 Å². The van der Waals surface area contributed by atoms with Crippen LogP contribution in [0.2, 0.25) is 10.0 Å². The highest BCUT2D eigenvalue weighted by atomic mass is 35.5. The number of esters is 1. The maximum absolute atomic E-state index is 13.0. The number of allylic oxidation sites excluding steroid dienone is 2. The van der Waals surface area contributed by atoms with Crippen molar-refractivity contribution >= 4 is 58.3 Å². The third-order valence-corrected chi connectivity index (χ3v) is 7.94. The Kier molecular flexibility index (Phi) is 6.39. The Morgan fingerprint density at radius 2 is 1.72 bits per heavy atom. The fourth-order valence-electron chi connectivity index (χ4n) is 5.22. The van der Waals surface area contributed by atoms with E-state index in [1.807, 2.05) is 13.0 Å². The van der Waals surface area contributed by atoms with E-state index >= 15 is 0 Å². The molecule has 0 unspecified atom stereocenters. The normalized spacial score (nSPS) is 23.7. The van der Waals surface area contributed by atoms with Gasteiger partial charge in [-0.15, -0.1) is 0 Å². The third-order valence-electron chi connectivity index (χ3n) is 7.13. The number of halogens is 2. The molecule has 2 aromatic rings. The number of carbonyl (C=O) groups excluding carboxylic acids is 4. The van der Waals surface area contributed by atoms with Crippen LogP contribution in [0.25, 0.3) is 0 Å². The molecule has 0 radical (unpaired) electrons. The van der Waals surface area contributed by atoms with E-state index in [4.69, 9.17) is 27.9 Å². The fraction of sp³-hybridized carbons (Fsp3) is 0.333. The first kappa shape index (κ1) is 24.5. The molecule has 2 saturated heterocycles. The number of carbonyl (C=O) groups is 4. The van der Waals surface area contributed by atoms with Crippen molar-refractivity contribution in [2.45, 2.75) is 33.1 Å². The van der Waals surface area contributed by atoms with E-state index in [2.05, 4.69) is 0 Å². The van der Waals surface area contributed by atoms with E-state index in [0.717, 1.165) is 5.57 Å². The molecule has 2 heterocycles. The number of ether oxygens (including phenoxy) is 1. The molecule has 2 aromatic carbocycles. The average Bonchev–Trinajstić information content (AvgIpc) is 3.33. The lowest BCUT2D eigenvalue weighted by molar-refractivity contribution is -0.139. The van der Waals surface area contributed by atoms with Crippen LogP contribution in [0.15, 0.2) is 48.0 Å². The number of benzene rings is 2. The van der Waals surface area contributed by atoms with Crippen molar-refractivity contribution < 1.29 is 23.9 Å². The van der Waals surface area contributed by atoms with Crippen LogP contribution >= 0.6 is 23.2 Å². The van der Waals surface area contributed by atoms with E-state index in [1.54, 1.807) is 43.3 Å². The summed E-state index contributed by atoms with van der Waals surface area (Å²) in [5.41, 5.74) is 2.71. The minimum atomic E-state index is -0.673. The van der Waals surface area contributed by atoms with Crippen molar-refractivity contribution in [3.63, 3.8) is 0 Å². The Morgan fingerprint density at radius 3 is 2.47 bits per heavy atom. The number of nitrogens with zero attached hydrogens (tertiary/aromatic N) is 2. The van der Waals surface area contributed by atoms with E-state index < -0.39 is 11.9 Å². The van der Waals surface area contributed by atoms with Gasteiger partial charge in [0, 0.05) is 13.0 Å². The molecule has 186 valence electrons. The number of aryl methyl sites for hydroxylation is 1. The van der Waals surface area contributed by atoms with E-state index in [0.29, 0.717) is 34.8 Å². The lowest BCUT2D eigenvalue weighted by Crippen LogP contribution is -2.31. The maximum atomic E-state index is 13.0. The zero-order chi connectivity index (χ0) is 25.7. The lowest BCUT2D eigenvalue weighted by Gasteiger charge is -2.19. The van der Waals surface area contributed by atoms with E-state index in [-0.39, 0.29) is 53.3 Å². The zero-order valence-corrected chi connectivity index (χ0v) is 21.3. The molecular weight excluding hydrogens is 503 g/mol. The largest absolute Gasteiger partial charge is 0.426 e. The predicted molar refractivity (Wildman–Crippen MR) is 136 cm³/mol. The van der Waals surface area contributed by atoms with Gasteiger partial charge in [0.05, 0.1) is 39.2 Å². The van der Waals surface area contributed by atoms with Gasteiger partial charge in [0.25, 0.3) is 0 Å². The summed E-state index contributed by atoms with van der Waals surface area (Å²) in [6.45, 7) is 3.87. The number of fused-ring (bicyclic) bond motifs is 1. The Morgan fingerprint density at radius 1 is 0.972 bits per heavy atom. The van der Waals surface area contributed by atoms with Gasteiger partial charge >= 0.3 is 5.97 Å². The van der Waals surface area contributed by atoms with E-state index in [9.17, 15) is 19.2 Å². The Hall–Kier alpha value is -3.16. The molecule has 5 rings (SSSR count). The minimum Gasteiger partial charge on any atom is -0.426 e. The van der Waals surface area contributed by atoms with Crippen LogP contribution in [0, 0.1) is 24.7 Å². The van der Waals surface area contributed by atoms with Crippen LogP contribution in [0.3, 0.4) is 0 Å².